The van der Waals surface area contributed by atoms with Gasteiger partial charge in [0.15, 0.2) is 0 Å². The average molecular weight is 272 g/mol. The van der Waals surface area contributed by atoms with Crippen molar-refractivity contribution in [1.82, 2.24) is 5.32 Å². The molecule has 1 fully saturated rings. The summed E-state index contributed by atoms with van der Waals surface area (Å²) in [5.41, 5.74) is 0.416. The number of hydrogen-bond acceptors (Lipinski definition) is 3. The highest BCUT2D eigenvalue weighted by Gasteiger charge is 2.42. The van der Waals surface area contributed by atoms with Gasteiger partial charge >= 0.3 is 0 Å². The molecule has 1 aromatic carbocycles. The fraction of sp³-hybridized carbons (Fsp3) is 0.588. The Balaban J connectivity index is 1.77. The van der Waals surface area contributed by atoms with Gasteiger partial charge in [-0.15, -0.1) is 0 Å². The van der Waals surface area contributed by atoms with Gasteiger partial charge in [-0.3, -0.25) is 4.99 Å². The number of hydrogen-bond donors (Lipinski definition) is 2. The lowest BCUT2D eigenvalue weighted by Crippen LogP contribution is -2.50. The zero-order chi connectivity index (χ0) is 13.8. The Hall–Kier alpha value is -1.35. The summed E-state index contributed by atoms with van der Waals surface area (Å²) < 4.78 is 0. The third-order valence-corrected chi connectivity index (χ3v) is 4.56. The van der Waals surface area contributed by atoms with Crippen LogP contribution in [0.25, 0.3) is 0 Å². The van der Waals surface area contributed by atoms with Gasteiger partial charge in [0.25, 0.3) is 0 Å². The van der Waals surface area contributed by atoms with Gasteiger partial charge in [-0.2, -0.15) is 0 Å². The molecule has 108 valence electrons. The number of aliphatic hydroxyl groups is 1. The zero-order valence-electron chi connectivity index (χ0n) is 12.0. The SMILES string of the molecule is O[C@@]1(NC2=NCCCCC2)CCC[C@H]1c1ccccc1. The molecule has 2 atom stereocenters. The molecule has 0 aromatic heterocycles. The number of amidine groups is 1. The number of nitrogens with zero attached hydrogens (tertiary/aromatic N) is 1. The molecule has 20 heavy (non-hydrogen) atoms. The van der Waals surface area contributed by atoms with Crippen molar-refractivity contribution in [2.45, 2.75) is 56.6 Å². The monoisotopic (exact) mass is 272 g/mol. The molecule has 3 nitrogen and oxygen atoms in total. The highest BCUT2D eigenvalue weighted by molar-refractivity contribution is 5.83. The molecule has 1 heterocycles. The second-order valence-electron chi connectivity index (χ2n) is 6.04. The van der Waals surface area contributed by atoms with Crippen molar-refractivity contribution in [2.24, 2.45) is 4.99 Å². The van der Waals surface area contributed by atoms with Crippen LogP contribution in [0.3, 0.4) is 0 Å². The molecular weight excluding hydrogens is 248 g/mol. The van der Waals surface area contributed by atoms with Crippen LogP contribution in [0.4, 0.5) is 0 Å². The number of rotatable bonds is 2. The second kappa shape index (κ2) is 5.96. The summed E-state index contributed by atoms with van der Waals surface area (Å²) in [4.78, 5) is 4.61. The largest absolute Gasteiger partial charge is 0.370 e. The molecule has 0 bridgehead atoms. The normalized spacial score (nSPS) is 30.6. The van der Waals surface area contributed by atoms with Gasteiger partial charge in [0.2, 0.25) is 0 Å². The molecule has 0 radical (unpaired) electrons. The van der Waals surface area contributed by atoms with Gasteiger partial charge in [-0.25, -0.2) is 0 Å². The lowest BCUT2D eigenvalue weighted by Gasteiger charge is -2.33. The molecule has 0 unspecified atom stereocenters. The molecule has 2 N–H and O–H groups in total. The van der Waals surface area contributed by atoms with Gasteiger partial charge < -0.3 is 10.4 Å². The lowest BCUT2D eigenvalue weighted by atomic mass is 9.91. The summed E-state index contributed by atoms with van der Waals surface area (Å²) in [6.45, 7) is 0.897. The van der Waals surface area contributed by atoms with E-state index < -0.39 is 5.72 Å². The van der Waals surface area contributed by atoms with Gasteiger partial charge in [-0.05, 0) is 37.7 Å². The predicted molar refractivity (Wildman–Crippen MR) is 81.9 cm³/mol. The molecule has 0 saturated heterocycles. The Kier molecular flexibility index (Phi) is 4.06. The van der Waals surface area contributed by atoms with Crippen LogP contribution in [0.5, 0.6) is 0 Å². The molecule has 1 aliphatic carbocycles. The summed E-state index contributed by atoms with van der Waals surface area (Å²) in [6, 6.07) is 10.4. The first kappa shape index (κ1) is 13.6. The van der Waals surface area contributed by atoms with E-state index >= 15 is 0 Å². The molecule has 0 spiro atoms. The summed E-state index contributed by atoms with van der Waals surface area (Å²) in [6.07, 6.45) is 7.49. The highest BCUT2D eigenvalue weighted by atomic mass is 16.3. The molecule has 0 amide bonds. The van der Waals surface area contributed by atoms with Crippen molar-refractivity contribution >= 4 is 5.84 Å². The van der Waals surface area contributed by atoms with Crippen LogP contribution < -0.4 is 5.32 Å². The van der Waals surface area contributed by atoms with Crippen LogP contribution in [0.1, 0.15) is 56.4 Å². The standard InChI is InChI=1S/C17H24N2O/c20-17(19-16-11-5-2-6-13-18-16)12-7-10-15(17)14-8-3-1-4-9-14/h1,3-4,8-9,15,20H,2,5-7,10-13H2,(H,18,19)/t15-,17-/m0/s1. The average Bonchev–Trinajstić information content (AvgIpc) is 2.68. The third kappa shape index (κ3) is 2.88. The van der Waals surface area contributed by atoms with Crippen molar-refractivity contribution in [1.29, 1.82) is 0 Å². The molecule has 1 saturated carbocycles. The minimum atomic E-state index is -0.815. The first-order chi connectivity index (χ1) is 9.78. The van der Waals surface area contributed by atoms with Crippen molar-refractivity contribution < 1.29 is 5.11 Å². The van der Waals surface area contributed by atoms with Crippen LogP contribution in [-0.2, 0) is 0 Å². The Morgan fingerprint density at radius 2 is 1.95 bits per heavy atom. The fourth-order valence-corrected chi connectivity index (χ4v) is 3.49. The molecule has 3 heteroatoms. The quantitative estimate of drug-likeness (QED) is 0.812. The summed E-state index contributed by atoms with van der Waals surface area (Å²) in [7, 11) is 0. The number of benzene rings is 1. The number of nitrogens with one attached hydrogen (secondary N) is 1. The van der Waals surface area contributed by atoms with Crippen LogP contribution in [0.15, 0.2) is 35.3 Å². The highest BCUT2D eigenvalue weighted by Crippen LogP contribution is 2.41. The molecule has 1 aromatic rings. The smallest absolute Gasteiger partial charge is 0.143 e. The fourth-order valence-electron chi connectivity index (χ4n) is 3.49. The van der Waals surface area contributed by atoms with Crippen molar-refractivity contribution in [3.63, 3.8) is 0 Å². The summed E-state index contributed by atoms with van der Waals surface area (Å²) in [5, 5.41) is 14.4. The first-order valence-corrected chi connectivity index (χ1v) is 7.87. The van der Waals surface area contributed by atoms with E-state index in [0.29, 0.717) is 0 Å². The topological polar surface area (TPSA) is 44.6 Å². The predicted octanol–water partition coefficient (Wildman–Crippen LogP) is 3.20. The Bertz CT molecular complexity index is 471. The van der Waals surface area contributed by atoms with Crippen LogP contribution in [-0.4, -0.2) is 23.2 Å². The lowest BCUT2D eigenvalue weighted by molar-refractivity contribution is 0.0141. The Morgan fingerprint density at radius 1 is 1.10 bits per heavy atom. The van der Waals surface area contributed by atoms with Gasteiger partial charge in [0.1, 0.15) is 5.72 Å². The molecular formula is C17H24N2O. The van der Waals surface area contributed by atoms with Crippen molar-refractivity contribution in [3.05, 3.63) is 35.9 Å². The van der Waals surface area contributed by atoms with E-state index in [1.807, 2.05) is 6.07 Å². The van der Waals surface area contributed by atoms with Gasteiger partial charge in [0.05, 0.1) is 5.84 Å². The Labute approximate surface area is 121 Å². The third-order valence-electron chi connectivity index (χ3n) is 4.56. The van der Waals surface area contributed by atoms with E-state index in [9.17, 15) is 5.11 Å². The van der Waals surface area contributed by atoms with Crippen LogP contribution in [0.2, 0.25) is 0 Å². The van der Waals surface area contributed by atoms with Gasteiger partial charge in [0, 0.05) is 18.9 Å². The van der Waals surface area contributed by atoms with Crippen molar-refractivity contribution in [2.75, 3.05) is 6.54 Å². The van der Waals surface area contributed by atoms with E-state index in [1.54, 1.807) is 0 Å². The maximum absolute atomic E-state index is 11.1. The van der Waals surface area contributed by atoms with E-state index in [1.165, 1.54) is 24.8 Å². The summed E-state index contributed by atoms with van der Waals surface area (Å²) >= 11 is 0. The van der Waals surface area contributed by atoms with Crippen molar-refractivity contribution in [3.8, 4) is 0 Å². The Morgan fingerprint density at radius 3 is 2.80 bits per heavy atom. The van der Waals surface area contributed by atoms with Crippen LogP contribution >= 0.6 is 0 Å². The van der Waals surface area contributed by atoms with Crippen LogP contribution in [0, 0.1) is 0 Å². The minimum absolute atomic E-state index is 0.176. The first-order valence-electron chi connectivity index (χ1n) is 7.87. The van der Waals surface area contributed by atoms with E-state index in [0.717, 1.165) is 38.1 Å². The van der Waals surface area contributed by atoms with E-state index in [-0.39, 0.29) is 5.92 Å². The number of aliphatic imine (C=N–C) groups is 1. The molecule has 3 rings (SSSR count). The van der Waals surface area contributed by atoms with E-state index in [2.05, 4.69) is 34.6 Å². The second-order valence-corrected chi connectivity index (χ2v) is 6.04. The maximum atomic E-state index is 11.1. The zero-order valence-corrected chi connectivity index (χ0v) is 12.0. The molecule has 2 aliphatic rings. The minimum Gasteiger partial charge on any atom is -0.370 e. The van der Waals surface area contributed by atoms with E-state index in [4.69, 9.17) is 0 Å². The summed E-state index contributed by atoms with van der Waals surface area (Å²) in [5.74, 6) is 1.18. The van der Waals surface area contributed by atoms with Gasteiger partial charge in [-0.1, -0.05) is 36.8 Å². The maximum Gasteiger partial charge on any atom is 0.143 e. The molecule has 1 aliphatic heterocycles.